The second-order valence-corrected chi connectivity index (χ2v) is 8.86. The molecule has 182 valence electrons. The van der Waals surface area contributed by atoms with Crippen molar-refractivity contribution in [2.45, 2.75) is 38.1 Å². The van der Waals surface area contributed by atoms with Crippen molar-refractivity contribution < 1.29 is 24.2 Å². The van der Waals surface area contributed by atoms with Crippen molar-refractivity contribution in [1.29, 1.82) is 0 Å². The molecule has 1 aromatic heterocycles. The van der Waals surface area contributed by atoms with Crippen LogP contribution in [0.1, 0.15) is 54.2 Å². The minimum atomic E-state index is -1.45. The number of benzene rings is 2. The summed E-state index contributed by atoms with van der Waals surface area (Å²) in [6, 6.07) is 16.0. The molecule has 1 aliphatic rings. The molecule has 35 heavy (non-hydrogen) atoms. The number of fused-ring (bicyclic) bond motifs is 3. The highest BCUT2D eigenvalue weighted by Gasteiger charge is 2.35. The van der Waals surface area contributed by atoms with Gasteiger partial charge in [-0.05, 0) is 35.6 Å². The molecule has 3 aromatic rings. The fourth-order valence-electron chi connectivity index (χ4n) is 4.52. The molecule has 1 unspecified atom stereocenters. The number of nitrogens with zero attached hydrogens (tertiary/aromatic N) is 2. The normalized spacial score (nSPS) is 13.9. The fourth-order valence-corrected chi connectivity index (χ4v) is 4.52. The summed E-state index contributed by atoms with van der Waals surface area (Å²) in [5.41, 5.74) is 3.01. The summed E-state index contributed by atoms with van der Waals surface area (Å²) in [6.45, 7) is 3.39. The third-order valence-electron chi connectivity index (χ3n) is 6.24. The van der Waals surface area contributed by atoms with Crippen LogP contribution in [0.4, 0.5) is 10.5 Å². The Balaban J connectivity index is 1.46. The van der Waals surface area contributed by atoms with Gasteiger partial charge in [0.15, 0.2) is 5.69 Å². The van der Waals surface area contributed by atoms with Crippen LogP contribution in [0.15, 0.2) is 54.7 Å². The van der Waals surface area contributed by atoms with Gasteiger partial charge in [0.2, 0.25) is 0 Å². The Morgan fingerprint density at radius 1 is 1.09 bits per heavy atom. The number of aryl methyl sites for hydroxylation is 1. The smallest absolute Gasteiger partial charge is 0.411 e. The SMILES string of the molecule is CCCC(C)(NC(=O)c1nn(C)cc1NC(=O)OCC1c2ccccc2-c2ccccc21)C(=O)O. The lowest BCUT2D eigenvalue weighted by molar-refractivity contribution is -0.144. The van der Waals surface area contributed by atoms with Gasteiger partial charge in [-0.15, -0.1) is 0 Å². The number of aromatic nitrogens is 2. The van der Waals surface area contributed by atoms with Crippen LogP contribution in [0.5, 0.6) is 0 Å². The summed E-state index contributed by atoms with van der Waals surface area (Å²) >= 11 is 0. The molecule has 2 aromatic carbocycles. The van der Waals surface area contributed by atoms with Crippen molar-refractivity contribution >= 4 is 23.7 Å². The zero-order valence-electron chi connectivity index (χ0n) is 19.9. The van der Waals surface area contributed by atoms with Gasteiger partial charge in [-0.3, -0.25) is 14.8 Å². The van der Waals surface area contributed by atoms with Crippen LogP contribution in [-0.4, -0.2) is 45.0 Å². The number of rotatable bonds is 8. The lowest BCUT2D eigenvalue weighted by Crippen LogP contribution is -2.52. The van der Waals surface area contributed by atoms with E-state index in [4.69, 9.17) is 4.74 Å². The number of nitrogens with one attached hydrogen (secondary N) is 2. The number of carbonyl (C=O) groups is 3. The number of carbonyl (C=O) groups excluding carboxylic acids is 2. The maximum absolute atomic E-state index is 12.9. The first-order valence-corrected chi connectivity index (χ1v) is 11.4. The Hall–Kier alpha value is -4.14. The third-order valence-corrected chi connectivity index (χ3v) is 6.24. The van der Waals surface area contributed by atoms with Gasteiger partial charge in [0.1, 0.15) is 12.1 Å². The van der Waals surface area contributed by atoms with Gasteiger partial charge >= 0.3 is 12.1 Å². The molecule has 0 saturated heterocycles. The molecule has 0 aliphatic heterocycles. The van der Waals surface area contributed by atoms with Crippen LogP contribution >= 0.6 is 0 Å². The lowest BCUT2D eigenvalue weighted by atomic mass is 9.96. The fraction of sp³-hybridized carbons (Fsp3) is 0.308. The first-order valence-electron chi connectivity index (χ1n) is 11.4. The summed E-state index contributed by atoms with van der Waals surface area (Å²) in [4.78, 5) is 37.2. The maximum Gasteiger partial charge on any atom is 0.411 e. The number of anilines is 1. The Morgan fingerprint density at radius 2 is 1.69 bits per heavy atom. The number of aliphatic carboxylic acids is 1. The van der Waals surface area contributed by atoms with Crippen molar-refractivity contribution in [2.75, 3.05) is 11.9 Å². The average molecular weight is 477 g/mol. The van der Waals surface area contributed by atoms with E-state index in [2.05, 4.69) is 27.9 Å². The highest BCUT2D eigenvalue weighted by Crippen LogP contribution is 2.44. The molecule has 0 bridgehead atoms. The molecule has 9 nitrogen and oxygen atoms in total. The van der Waals surface area contributed by atoms with Crippen molar-refractivity contribution in [1.82, 2.24) is 15.1 Å². The molecule has 0 saturated carbocycles. The van der Waals surface area contributed by atoms with E-state index in [9.17, 15) is 19.5 Å². The zero-order chi connectivity index (χ0) is 25.2. The molecule has 4 rings (SSSR count). The summed E-state index contributed by atoms with van der Waals surface area (Å²) in [7, 11) is 1.60. The number of hydrogen-bond donors (Lipinski definition) is 3. The van der Waals surface area contributed by atoms with Gasteiger partial charge in [-0.2, -0.15) is 5.10 Å². The quantitative estimate of drug-likeness (QED) is 0.449. The minimum absolute atomic E-state index is 0.0930. The number of hydrogen-bond acceptors (Lipinski definition) is 5. The Morgan fingerprint density at radius 3 is 2.26 bits per heavy atom. The van der Waals surface area contributed by atoms with Crippen molar-refractivity contribution in [2.24, 2.45) is 7.05 Å². The molecule has 0 radical (unpaired) electrons. The first kappa shape index (κ1) is 24.0. The van der Waals surface area contributed by atoms with Crippen LogP contribution in [0.3, 0.4) is 0 Å². The van der Waals surface area contributed by atoms with Gasteiger partial charge in [-0.1, -0.05) is 61.9 Å². The molecule has 2 amide bonds. The molecule has 1 aliphatic carbocycles. The summed E-state index contributed by atoms with van der Waals surface area (Å²) < 4.78 is 6.92. The van der Waals surface area contributed by atoms with E-state index in [1.807, 2.05) is 43.3 Å². The molecule has 1 atom stereocenters. The first-order chi connectivity index (χ1) is 16.7. The second kappa shape index (κ2) is 9.61. The van der Waals surface area contributed by atoms with E-state index < -0.39 is 23.5 Å². The number of carboxylic acid groups (broad SMARTS) is 1. The van der Waals surface area contributed by atoms with E-state index >= 15 is 0 Å². The predicted molar refractivity (Wildman–Crippen MR) is 130 cm³/mol. The second-order valence-electron chi connectivity index (χ2n) is 8.86. The Labute approximate surface area is 203 Å². The summed E-state index contributed by atoms with van der Waals surface area (Å²) in [5, 5.41) is 18.8. The Bertz CT molecular complexity index is 1240. The van der Waals surface area contributed by atoms with Crippen molar-refractivity contribution in [3.8, 4) is 11.1 Å². The van der Waals surface area contributed by atoms with E-state index in [-0.39, 0.29) is 30.3 Å². The van der Waals surface area contributed by atoms with Gasteiger partial charge in [-0.25, -0.2) is 9.59 Å². The number of carboxylic acids is 1. The lowest BCUT2D eigenvalue weighted by Gasteiger charge is -2.25. The monoisotopic (exact) mass is 476 g/mol. The summed E-state index contributed by atoms with van der Waals surface area (Å²) in [6.07, 6.45) is 1.55. The Kier molecular flexibility index (Phi) is 6.59. The molecule has 0 spiro atoms. The van der Waals surface area contributed by atoms with Crippen LogP contribution in [0, 0.1) is 0 Å². The highest BCUT2D eigenvalue weighted by molar-refractivity contribution is 6.02. The van der Waals surface area contributed by atoms with Gasteiger partial charge in [0, 0.05) is 19.2 Å². The average Bonchev–Trinajstić information content (AvgIpc) is 3.35. The maximum atomic E-state index is 12.9. The largest absolute Gasteiger partial charge is 0.480 e. The van der Waals surface area contributed by atoms with Crippen LogP contribution in [0.25, 0.3) is 11.1 Å². The van der Waals surface area contributed by atoms with E-state index in [0.717, 1.165) is 22.3 Å². The van der Waals surface area contributed by atoms with Crippen LogP contribution in [-0.2, 0) is 16.6 Å². The van der Waals surface area contributed by atoms with Crippen LogP contribution in [0.2, 0.25) is 0 Å². The van der Waals surface area contributed by atoms with Gasteiger partial charge < -0.3 is 15.2 Å². The highest BCUT2D eigenvalue weighted by atomic mass is 16.5. The number of ether oxygens (including phenoxy) is 1. The summed E-state index contributed by atoms with van der Waals surface area (Å²) in [5.74, 6) is -1.94. The minimum Gasteiger partial charge on any atom is -0.480 e. The topological polar surface area (TPSA) is 123 Å². The molecule has 3 N–H and O–H groups in total. The van der Waals surface area contributed by atoms with E-state index in [1.54, 1.807) is 7.05 Å². The molecule has 0 fully saturated rings. The number of amides is 2. The van der Waals surface area contributed by atoms with Gasteiger partial charge in [0.05, 0.1) is 5.69 Å². The predicted octanol–water partition coefficient (Wildman–Crippen LogP) is 4.15. The zero-order valence-corrected chi connectivity index (χ0v) is 19.9. The molecule has 9 heteroatoms. The van der Waals surface area contributed by atoms with Crippen molar-refractivity contribution in [3.63, 3.8) is 0 Å². The molecule has 1 heterocycles. The standard InChI is InChI=1S/C26H28N4O5/c1-4-13-26(2,24(32)33)28-23(31)22-21(14-30(3)29-22)27-25(34)35-15-20-18-11-7-5-9-16(18)17-10-6-8-12-19(17)20/h5-12,14,20H,4,13,15H2,1-3H3,(H,27,34)(H,28,31)(H,32,33). The van der Waals surface area contributed by atoms with Gasteiger partial charge in [0.25, 0.3) is 5.91 Å². The molecular weight excluding hydrogens is 448 g/mol. The van der Waals surface area contributed by atoms with Crippen LogP contribution < -0.4 is 10.6 Å². The molecular formula is C26H28N4O5. The van der Waals surface area contributed by atoms with E-state index in [0.29, 0.717) is 6.42 Å². The van der Waals surface area contributed by atoms with E-state index in [1.165, 1.54) is 17.8 Å². The third kappa shape index (κ3) is 4.75. The van der Waals surface area contributed by atoms with Crippen molar-refractivity contribution in [3.05, 3.63) is 71.5 Å².